The van der Waals surface area contributed by atoms with E-state index in [0.717, 1.165) is 6.54 Å². The monoisotopic (exact) mass is 105 g/mol. The summed E-state index contributed by atoms with van der Waals surface area (Å²) in [7, 11) is 0. The summed E-state index contributed by atoms with van der Waals surface area (Å²) in [5, 5.41) is 0. The van der Waals surface area contributed by atoms with Crippen molar-refractivity contribution in [2.75, 3.05) is 6.54 Å². The highest BCUT2D eigenvalue weighted by Crippen LogP contribution is 2.32. The molecule has 1 fully saturated rings. The zero-order chi connectivity index (χ0) is 4.78. The highest BCUT2D eigenvalue weighted by Gasteiger charge is 2.41. The maximum absolute atomic E-state index is 5.51. The Morgan fingerprint density at radius 1 is 1.67 bits per heavy atom. The Kier molecular flexibility index (Phi) is 0.663. The van der Waals surface area contributed by atoms with Crippen molar-refractivity contribution < 1.29 is 0 Å². The molecular formula is C4H8ClN. The van der Waals surface area contributed by atoms with Crippen LogP contribution < -0.4 is 0 Å². The Labute approximate surface area is 43.0 Å². The minimum atomic E-state index is 0.307. The third kappa shape index (κ3) is 0.525. The summed E-state index contributed by atoms with van der Waals surface area (Å²) in [6, 6.07) is 0. The van der Waals surface area contributed by atoms with Crippen LogP contribution in [0, 0.1) is 0 Å². The van der Waals surface area contributed by atoms with Crippen molar-refractivity contribution in [1.29, 1.82) is 0 Å². The number of hydrogen-bond donors (Lipinski definition) is 0. The molecule has 36 valence electrons. The molecule has 0 aliphatic carbocycles. The van der Waals surface area contributed by atoms with Gasteiger partial charge in [-0.2, -0.15) is 0 Å². The first-order chi connectivity index (χ1) is 2.63. The van der Waals surface area contributed by atoms with E-state index >= 15 is 0 Å². The fourth-order valence-corrected chi connectivity index (χ4v) is 0.597. The van der Waals surface area contributed by atoms with E-state index in [0.29, 0.717) is 5.54 Å². The van der Waals surface area contributed by atoms with Crippen LogP contribution in [0.2, 0.25) is 0 Å². The molecule has 0 amide bonds. The fourth-order valence-electron chi connectivity index (χ4n) is 0.304. The Hall–Kier alpha value is 0.250. The zero-order valence-corrected chi connectivity index (χ0v) is 4.79. The van der Waals surface area contributed by atoms with Gasteiger partial charge in [0.15, 0.2) is 0 Å². The smallest absolute Gasteiger partial charge is 0.0447 e. The van der Waals surface area contributed by atoms with E-state index in [1.807, 2.05) is 0 Å². The second-order valence-corrected chi connectivity index (χ2v) is 2.74. The van der Waals surface area contributed by atoms with E-state index in [1.165, 1.54) is 0 Å². The van der Waals surface area contributed by atoms with Gasteiger partial charge in [-0.25, -0.2) is 4.42 Å². The molecule has 0 aromatic carbocycles. The van der Waals surface area contributed by atoms with Gasteiger partial charge in [-0.05, 0) is 25.6 Å². The SMILES string of the molecule is CC1(C)CN1Cl. The predicted octanol–water partition coefficient (Wildman–Crippen LogP) is 1.23. The average Bonchev–Trinajstić information content (AvgIpc) is 1.73. The van der Waals surface area contributed by atoms with Gasteiger partial charge in [0.2, 0.25) is 0 Å². The molecule has 1 heterocycles. The second-order valence-electron chi connectivity index (χ2n) is 2.33. The topological polar surface area (TPSA) is 3.01 Å². The maximum atomic E-state index is 5.51. The third-order valence-electron chi connectivity index (χ3n) is 1.08. The molecule has 0 spiro atoms. The van der Waals surface area contributed by atoms with Gasteiger partial charge in [-0.15, -0.1) is 0 Å². The first-order valence-corrected chi connectivity index (χ1v) is 2.40. The van der Waals surface area contributed by atoms with Crippen molar-refractivity contribution in [3.05, 3.63) is 0 Å². The Morgan fingerprint density at radius 3 is 1.83 bits per heavy atom. The van der Waals surface area contributed by atoms with Crippen LogP contribution in [-0.2, 0) is 0 Å². The van der Waals surface area contributed by atoms with Gasteiger partial charge < -0.3 is 0 Å². The molecule has 1 nitrogen and oxygen atoms in total. The van der Waals surface area contributed by atoms with Gasteiger partial charge in [0, 0.05) is 12.1 Å². The molecular weight excluding hydrogens is 97.5 g/mol. The molecule has 1 unspecified atom stereocenters. The number of hydrogen-bond acceptors (Lipinski definition) is 1. The van der Waals surface area contributed by atoms with Crippen molar-refractivity contribution in [2.45, 2.75) is 19.4 Å². The van der Waals surface area contributed by atoms with Gasteiger partial charge in [-0.1, -0.05) is 0 Å². The molecule has 1 aliphatic rings. The van der Waals surface area contributed by atoms with E-state index in [9.17, 15) is 0 Å². The lowest BCUT2D eigenvalue weighted by molar-refractivity contribution is 0.650. The fraction of sp³-hybridized carbons (Fsp3) is 1.00. The van der Waals surface area contributed by atoms with E-state index in [1.54, 1.807) is 4.42 Å². The van der Waals surface area contributed by atoms with Gasteiger partial charge in [0.1, 0.15) is 0 Å². The number of rotatable bonds is 0. The molecule has 0 saturated carbocycles. The van der Waals surface area contributed by atoms with Crippen LogP contribution in [0.15, 0.2) is 0 Å². The van der Waals surface area contributed by atoms with Crippen LogP contribution in [0.1, 0.15) is 13.8 Å². The summed E-state index contributed by atoms with van der Waals surface area (Å²) in [6.07, 6.45) is 0. The van der Waals surface area contributed by atoms with Gasteiger partial charge >= 0.3 is 0 Å². The van der Waals surface area contributed by atoms with Crippen LogP contribution in [0.5, 0.6) is 0 Å². The van der Waals surface area contributed by atoms with Crippen LogP contribution >= 0.6 is 11.8 Å². The van der Waals surface area contributed by atoms with Crippen molar-refractivity contribution in [3.8, 4) is 0 Å². The summed E-state index contributed by atoms with van der Waals surface area (Å²) in [6.45, 7) is 5.26. The first kappa shape index (κ1) is 4.41. The number of halogens is 1. The van der Waals surface area contributed by atoms with Crippen molar-refractivity contribution in [2.24, 2.45) is 0 Å². The normalized spacial score (nSPS) is 39.5. The highest BCUT2D eigenvalue weighted by molar-refractivity contribution is 6.15. The lowest BCUT2D eigenvalue weighted by atomic mass is 10.3. The van der Waals surface area contributed by atoms with E-state index < -0.39 is 0 Å². The molecule has 0 aromatic rings. The summed E-state index contributed by atoms with van der Waals surface area (Å²) < 4.78 is 1.78. The zero-order valence-electron chi connectivity index (χ0n) is 4.03. The minimum Gasteiger partial charge on any atom is -0.211 e. The first-order valence-electron chi connectivity index (χ1n) is 2.06. The largest absolute Gasteiger partial charge is 0.211 e. The lowest BCUT2D eigenvalue weighted by Gasteiger charge is -1.91. The minimum absolute atomic E-state index is 0.307. The quantitative estimate of drug-likeness (QED) is 0.331. The number of nitrogens with zero attached hydrogens (tertiary/aromatic N) is 1. The van der Waals surface area contributed by atoms with Crippen LogP contribution in [-0.4, -0.2) is 16.5 Å². The summed E-state index contributed by atoms with van der Waals surface area (Å²) >= 11 is 5.51. The molecule has 1 aliphatic heterocycles. The molecule has 0 aromatic heterocycles. The van der Waals surface area contributed by atoms with Gasteiger partial charge in [-0.3, -0.25) is 0 Å². The summed E-state index contributed by atoms with van der Waals surface area (Å²) in [4.78, 5) is 0. The van der Waals surface area contributed by atoms with Crippen molar-refractivity contribution in [3.63, 3.8) is 0 Å². The van der Waals surface area contributed by atoms with E-state index in [2.05, 4.69) is 13.8 Å². The molecule has 0 radical (unpaired) electrons. The Bertz CT molecular complexity index is 69.9. The molecule has 1 saturated heterocycles. The van der Waals surface area contributed by atoms with Crippen LogP contribution in [0.25, 0.3) is 0 Å². The third-order valence-corrected chi connectivity index (χ3v) is 1.66. The molecule has 2 heteroatoms. The predicted molar refractivity (Wildman–Crippen MR) is 26.6 cm³/mol. The maximum Gasteiger partial charge on any atom is 0.0447 e. The molecule has 1 atom stereocenters. The van der Waals surface area contributed by atoms with Gasteiger partial charge in [0.25, 0.3) is 0 Å². The summed E-state index contributed by atoms with van der Waals surface area (Å²) in [5.41, 5.74) is 0.307. The van der Waals surface area contributed by atoms with E-state index in [4.69, 9.17) is 11.8 Å². The van der Waals surface area contributed by atoms with E-state index in [-0.39, 0.29) is 0 Å². The standard InChI is InChI=1S/C4H8ClN/c1-4(2)3-6(4)5/h3H2,1-2H3. The highest BCUT2D eigenvalue weighted by atomic mass is 35.5. The van der Waals surface area contributed by atoms with Crippen molar-refractivity contribution in [1.82, 2.24) is 4.42 Å². The molecule has 0 bridgehead atoms. The van der Waals surface area contributed by atoms with Crippen molar-refractivity contribution >= 4 is 11.8 Å². The lowest BCUT2D eigenvalue weighted by Crippen LogP contribution is -1.98. The molecule has 6 heavy (non-hydrogen) atoms. The second kappa shape index (κ2) is 0.903. The van der Waals surface area contributed by atoms with Crippen LogP contribution in [0.3, 0.4) is 0 Å². The Morgan fingerprint density at radius 2 is 1.83 bits per heavy atom. The van der Waals surface area contributed by atoms with Crippen LogP contribution in [0.4, 0.5) is 0 Å². The summed E-state index contributed by atoms with van der Waals surface area (Å²) in [5.74, 6) is 0. The van der Waals surface area contributed by atoms with Gasteiger partial charge in [0.05, 0.1) is 0 Å². The molecule has 0 N–H and O–H groups in total. The average molecular weight is 106 g/mol. The Balaban J connectivity index is 2.41. The molecule has 1 rings (SSSR count).